The van der Waals surface area contributed by atoms with Crippen LogP contribution in [0.15, 0.2) is 34.7 Å². The number of rotatable bonds is 7. The summed E-state index contributed by atoms with van der Waals surface area (Å²) < 4.78 is 37.8. The van der Waals surface area contributed by atoms with Gasteiger partial charge in [-0.1, -0.05) is 32.9 Å². The number of carboxylic acid groups (broad SMARTS) is 1. The van der Waals surface area contributed by atoms with Gasteiger partial charge in [0.1, 0.15) is 27.4 Å². The third kappa shape index (κ3) is 5.93. The third-order valence-electron chi connectivity index (χ3n) is 7.31. The quantitative estimate of drug-likeness (QED) is 0.289. The normalized spacial score (nSPS) is 18.0. The standard InChI is InChI=1S/C28H32F2N2O3S2/c1-15-18(10-11-19(25(15)30)16-6-8-17(9-7-16)28(2,3)4)26-31-24(14-36-26)37-32-22-13-21(29)20(27(33)34)12-23(22)35-5/h10-14,16-17,32H,6-9H2,1-5H3,(H,33,34)/t16-,17-. The van der Waals surface area contributed by atoms with Crippen LogP contribution in [0.5, 0.6) is 5.75 Å². The first-order valence-electron chi connectivity index (χ1n) is 12.3. The minimum atomic E-state index is -1.37. The first kappa shape index (κ1) is 27.4. The van der Waals surface area contributed by atoms with Crippen molar-refractivity contribution < 1.29 is 23.4 Å². The van der Waals surface area contributed by atoms with Gasteiger partial charge in [0.15, 0.2) is 0 Å². The minimum Gasteiger partial charge on any atom is -0.495 e. The van der Waals surface area contributed by atoms with Crippen LogP contribution in [0.2, 0.25) is 0 Å². The highest BCUT2D eigenvalue weighted by Crippen LogP contribution is 2.45. The Hall–Kier alpha value is -2.65. The number of thiazole rings is 1. The van der Waals surface area contributed by atoms with Gasteiger partial charge in [0.25, 0.3) is 0 Å². The second-order valence-corrected chi connectivity index (χ2v) is 12.3. The van der Waals surface area contributed by atoms with Crippen LogP contribution in [-0.2, 0) is 0 Å². The molecule has 0 bridgehead atoms. The number of hydrogen-bond acceptors (Lipinski definition) is 6. The number of nitrogens with one attached hydrogen (secondary N) is 1. The molecule has 0 saturated heterocycles. The van der Waals surface area contributed by atoms with Crippen LogP contribution in [0.3, 0.4) is 0 Å². The molecule has 2 N–H and O–H groups in total. The number of halogens is 2. The van der Waals surface area contributed by atoms with Crippen molar-refractivity contribution in [3.63, 3.8) is 0 Å². The number of anilines is 1. The van der Waals surface area contributed by atoms with Gasteiger partial charge in [-0.25, -0.2) is 18.6 Å². The lowest BCUT2D eigenvalue weighted by atomic mass is 9.68. The molecular weight excluding hydrogens is 514 g/mol. The molecule has 5 nitrogen and oxygen atoms in total. The van der Waals surface area contributed by atoms with E-state index in [1.165, 1.54) is 18.4 Å². The molecule has 0 spiro atoms. The molecular formula is C28H32F2N2O3S2. The average molecular weight is 547 g/mol. The van der Waals surface area contributed by atoms with E-state index in [0.29, 0.717) is 26.9 Å². The molecule has 4 rings (SSSR count). The number of carbonyl (C=O) groups is 1. The number of methoxy groups -OCH3 is 1. The number of carboxylic acids is 1. The molecule has 0 aliphatic heterocycles. The van der Waals surface area contributed by atoms with Gasteiger partial charge in [-0.3, -0.25) is 0 Å². The highest BCUT2D eigenvalue weighted by molar-refractivity contribution is 8.00. The van der Waals surface area contributed by atoms with Crippen LogP contribution in [-0.4, -0.2) is 23.2 Å². The Bertz CT molecular complexity index is 1300. The molecule has 1 aliphatic carbocycles. The van der Waals surface area contributed by atoms with E-state index >= 15 is 4.39 Å². The molecule has 1 fully saturated rings. The molecule has 3 aromatic rings. The smallest absolute Gasteiger partial charge is 0.338 e. The minimum absolute atomic E-state index is 0.141. The Morgan fingerprint density at radius 1 is 1.19 bits per heavy atom. The zero-order chi connectivity index (χ0) is 26.9. The third-order valence-corrected chi connectivity index (χ3v) is 9.07. The lowest BCUT2D eigenvalue weighted by Crippen LogP contribution is -2.25. The molecule has 37 heavy (non-hydrogen) atoms. The van der Waals surface area contributed by atoms with Crippen molar-refractivity contribution in [1.29, 1.82) is 0 Å². The van der Waals surface area contributed by atoms with Crippen molar-refractivity contribution in [2.75, 3.05) is 11.8 Å². The fourth-order valence-corrected chi connectivity index (χ4v) is 6.70. The monoisotopic (exact) mass is 546 g/mol. The number of hydrogen-bond donors (Lipinski definition) is 2. The van der Waals surface area contributed by atoms with Gasteiger partial charge >= 0.3 is 5.97 Å². The predicted octanol–water partition coefficient (Wildman–Crippen LogP) is 8.54. The summed E-state index contributed by atoms with van der Waals surface area (Å²) >= 11 is 2.54. The van der Waals surface area contributed by atoms with Crippen LogP contribution in [0.25, 0.3) is 10.6 Å². The number of aromatic carboxylic acids is 1. The maximum Gasteiger partial charge on any atom is 0.338 e. The summed E-state index contributed by atoms with van der Waals surface area (Å²) in [6.45, 7) is 8.67. The van der Waals surface area contributed by atoms with Crippen LogP contribution < -0.4 is 9.46 Å². The van der Waals surface area contributed by atoms with Crippen molar-refractivity contribution in [3.05, 3.63) is 58.0 Å². The Labute approximate surface area is 224 Å². The lowest BCUT2D eigenvalue weighted by molar-refractivity contribution is 0.0691. The van der Waals surface area contributed by atoms with Crippen LogP contribution in [0, 0.1) is 29.9 Å². The molecule has 1 saturated carbocycles. The Kier molecular flexibility index (Phi) is 8.14. The van der Waals surface area contributed by atoms with Crippen LogP contribution in [0.4, 0.5) is 14.5 Å². The molecule has 2 aromatic carbocycles. The maximum absolute atomic E-state index is 15.5. The average Bonchev–Trinajstić information content (AvgIpc) is 3.32. The van der Waals surface area contributed by atoms with Crippen molar-refractivity contribution in [2.24, 2.45) is 11.3 Å². The van der Waals surface area contributed by atoms with Crippen LogP contribution in [0.1, 0.15) is 73.9 Å². The van der Waals surface area contributed by atoms with Gasteiger partial charge < -0.3 is 14.6 Å². The highest BCUT2D eigenvalue weighted by Gasteiger charge is 2.31. The Balaban J connectivity index is 1.47. The first-order chi connectivity index (χ1) is 17.5. The zero-order valence-corrected chi connectivity index (χ0v) is 23.3. The van der Waals surface area contributed by atoms with Gasteiger partial charge in [0.2, 0.25) is 0 Å². The van der Waals surface area contributed by atoms with Crippen molar-refractivity contribution in [3.8, 4) is 16.3 Å². The fourth-order valence-electron chi connectivity index (χ4n) is 5.03. The Morgan fingerprint density at radius 2 is 1.89 bits per heavy atom. The van der Waals surface area contributed by atoms with Gasteiger partial charge in [0, 0.05) is 29.0 Å². The van der Waals surface area contributed by atoms with Crippen LogP contribution >= 0.6 is 23.3 Å². The van der Waals surface area contributed by atoms with Crippen molar-refractivity contribution >= 4 is 34.9 Å². The fraction of sp³-hybridized carbons (Fsp3) is 0.429. The topological polar surface area (TPSA) is 71.5 Å². The van der Waals surface area contributed by atoms with Crippen molar-refractivity contribution in [2.45, 2.75) is 64.3 Å². The SMILES string of the molecule is COc1cc(C(=O)O)c(F)cc1NSc1csc(-c2ccc([C@H]3CC[C@H](C(C)(C)C)CC3)c(F)c2C)n1. The second kappa shape index (κ2) is 11.0. The predicted molar refractivity (Wildman–Crippen MR) is 146 cm³/mol. The molecule has 198 valence electrons. The van der Waals surface area contributed by atoms with Gasteiger partial charge in [-0.2, -0.15) is 0 Å². The van der Waals surface area contributed by atoms with E-state index < -0.39 is 17.3 Å². The summed E-state index contributed by atoms with van der Waals surface area (Å²) in [4.78, 5) is 15.8. The lowest BCUT2D eigenvalue weighted by Gasteiger charge is -2.37. The van der Waals surface area contributed by atoms with E-state index in [9.17, 15) is 9.18 Å². The zero-order valence-electron chi connectivity index (χ0n) is 21.7. The summed E-state index contributed by atoms with van der Waals surface area (Å²) in [6, 6.07) is 6.10. The molecule has 9 heteroatoms. The molecule has 1 aliphatic rings. The van der Waals surface area contributed by atoms with E-state index in [-0.39, 0.29) is 23.2 Å². The first-order valence-corrected chi connectivity index (χ1v) is 14.0. The highest BCUT2D eigenvalue weighted by atomic mass is 32.2. The van der Waals surface area contributed by atoms with E-state index in [4.69, 9.17) is 9.84 Å². The van der Waals surface area contributed by atoms with E-state index in [1.54, 1.807) is 6.92 Å². The van der Waals surface area contributed by atoms with Gasteiger partial charge in [-0.15, -0.1) is 11.3 Å². The number of nitrogens with zero attached hydrogens (tertiary/aromatic N) is 1. The summed E-state index contributed by atoms with van der Waals surface area (Å²) in [5.74, 6) is -1.25. The molecule has 0 radical (unpaired) electrons. The molecule has 1 aromatic heterocycles. The van der Waals surface area contributed by atoms with Gasteiger partial charge in [-0.05, 0) is 67.1 Å². The summed E-state index contributed by atoms with van der Waals surface area (Å²) in [7, 11) is 1.38. The number of aromatic nitrogens is 1. The summed E-state index contributed by atoms with van der Waals surface area (Å²) in [5, 5.41) is 12.3. The number of ether oxygens (including phenoxy) is 1. The van der Waals surface area contributed by atoms with E-state index in [0.717, 1.165) is 60.9 Å². The summed E-state index contributed by atoms with van der Waals surface area (Å²) in [6.07, 6.45) is 4.28. The largest absolute Gasteiger partial charge is 0.495 e. The summed E-state index contributed by atoms with van der Waals surface area (Å²) in [5.41, 5.74) is 2.28. The van der Waals surface area contributed by atoms with E-state index in [2.05, 4.69) is 30.5 Å². The molecule has 0 atom stereocenters. The molecule has 1 heterocycles. The number of benzene rings is 2. The van der Waals surface area contributed by atoms with Crippen molar-refractivity contribution in [1.82, 2.24) is 4.98 Å². The molecule has 0 amide bonds. The molecule has 0 unspecified atom stereocenters. The second-order valence-electron chi connectivity index (χ2n) is 10.6. The maximum atomic E-state index is 15.5. The van der Waals surface area contributed by atoms with Gasteiger partial charge in [0.05, 0.1) is 18.4 Å². The van der Waals surface area contributed by atoms with E-state index in [1.807, 2.05) is 17.5 Å². The Morgan fingerprint density at radius 3 is 2.51 bits per heavy atom.